The smallest absolute Gasteiger partial charge is 0.244 e. The summed E-state index contributed by atoms with van der Waals surface area (Å²) in [6.45, 7) is 5.80. The molecule has 2 aromatic heterocycles. The summed E-state index contributed by atoms with van der Waals surface area (Å²) in [4.78, 5) is 13.9. The molecule has 6 aromatic rings. The molecule has 0 spiro atoms. The van der Waals surface area contributed by atoms with Gasteiger partial charge < -0.3 is 14.5 Å². The highest BCUT2D eigenvalue weighted by atomic mass is 35.5. The number of rotatable bonds is 11. The Balaban J connectivity index is 0.000000184. The van der Waals surface area contributed by atoms with E-state index in [1.165, 1.54) is 44.0 Å². The number of aryl methyl sites for hydroxylation is 1. The molecular weight excluding hydrogens is 939 g/mol. The Bertz CT molecular complexity index is 2700. The number of ether oxygens (including phenoxy) is 1. The number of benzene rings is 4. The molecule has 0 radical (unpaired) electrons. The van der Waals surface area contributed by atoms with Crippen molar-refractivity contribution in [1.29, 1.82) is 0 Å². The standard InChI is InChI=1S/C21H21Cl2N3O3S2.C21H21Cl2N3O2S2/c1-29-19-5-3-2-4-15(19)12-17-14-30-21(24-17)25-8-10-26(11-9-25)31(27,28)20-13-16(22)6-7-18(20)23;1-15-3-2-4-16(11-15)12-18-14-29-21(24-18)25-7-9-26(10-8-25)30(27,28)20-13-17(22)5-6-19(20)23/h2-7,13-14H,8-12H2,1H3;2-6,11,13-14H,7-10,12H2,1H3. The molecule has 0 saturated carbocycles. The van der Waals surface area contributed by atoms with E-state index in [-0.39, 0.29) is 19.8 Å². The fraction of sp³-hybridized carbons (Fsp3) is 0.286. The molecule has 322 valence electrons. The molecule has 2 aliphatic rings. The molecule has 8 rings (SSSR count). The second kappa shape index (κ2) is 19.9. The van der Waals surface area contributed by atoms with Crippen LogP contribution >= 0.6 is 69.1 Å². The summed E-state index contributed by atoms with van der Waals surface area (Å²) in [5.41, 5.74) is 5.55. The molecule has 0 unspecified atom stereocenters. The Kier molecular flexibility index (Phi) is 14.9. The van der Waals surface area contributed by atoms with Gasteiger partial charge in [0.15, 0.2) is 10.3 Å². The summed E-state index contributed by atoms with van der Waals surface area (Å²) in [6.07, 6.45) is 1.47. The zero-order valence-electron chi connectivity index (χ0n) is 33.2. The monoisotopic (exact) mass is 978 g/mol. The molecule has 2 saturated heterocycles. The fourth-order valence-electron chi connectivity index (χ4n) is 6.99. The molecule has 2 fully saturated rings. The molecule has 4 aromatic carbocycles. The van der Waals surface area contributed by atoms with Crippen LogP contribution in [0, 0.1) is 6.92 Å². The van der Waals surface area contributed by atoms with E-state index in [0.29, 0.717) is 68.8 Å². The van der Waals surface area contributed by atoms with Gasteiger partial charge in [-0.25, -0.2) is 26.8 Å². The van der Waals surface area contributed by atoms with Crippen molar-refractivity contribution >= 4 is 99.4 Å². The predicted molar refractivity (Wildman–Crippen MR) is 249 cm³/mol. The van der Waals surface area contributed by atoms with Gasteiger partial charge in [-0.2, -0.15) is 8.61 Å². The fourth-order valence-corrected chi connectivity index (χ4v) is 13.1. The lowest BCUT2D eigenvalue weighted by Gasteiger charge is -2.34. The van der Waals surface area contributed by atoms with Crippen LogP contribution in [0.4, 0.5) is 10.3 Å². The third-order valence-electron chi connectivity index (χ3n) is 10.2. The highest BCUT2D eigenvalue weighted by Crippen LogP contribution is 2.32. The van der Waals surface area contributed by atoms with E-state index in [0.717, 1.165) is 39.4 Å². The zero-order valence-corrected chi connectivity index (χ0v) is 39.5. The number of hydrogen-bond acceptors (Lipinski definition) is 11. The van der Waals surface area contributed by atoms with Crippen molar-refractivity contribution < 1.29 is 21.6 Å². The molecule has 4 heterocycles. The van der Waals surface area contributed by atoms with Gasteiger partial charge in [-0.1, -0.05) is 94.4 Å². The summed E-state index contributed by atoms with van der Waals surface area (Å²) in [5.74, 6) is 0.843. The van der Waals surface area contributed by atoms with Gasteiger partial charge in [0.05, 0.1) is 28.5 Å². The molecule has 61 heavy (non-hydrogen) atoms. The number of thiazole rings is 2. The Hall–Kier alpha value is -3.48. The van der Waals surface area contributed by atoms with Crippen LogP contribution in [0.25, 0.3) is 0 Å². The maximum atomic E-state index is 13.0. The Morgan fingerprint density at radius 3 is 1.59 bits per heavy atom. The first-order chi connectivity index (χ1) is 29.2. The highest BCUT2D eigenvalue weighted by molar-refractivity contribution is 7.89. The number of anilines is 2. The minimum Gasteiger partial charge on any atom is -0.496 e. The topological polar surface area (TPSA) is 116 Å². The van der Waals surface area contributed by atoms with Crippen molar-refractivity contribution in [3.63, 3.8) is 0 Å². The third-order valence-corrected chi connectivity index (χ3v) is 17.3. The number of aromatic nitrogens is 2. The number of nitrogens with zero attached hydrogens (tertiary/aromatic N) is 6. The van der Waals surface area contributed by atoms with Gasteiger partial charge in [-0.3, -0.25) is 0 Å². The predicted octanol–water partition coefficient (Wildman–Crippen LogP) is 9.42. The number of hydrogen-bond donors (Lipinski definition) is 0. The first-order valence-corrected chi connectivity index (χ1v) is 25.3. The molecule has 0 bridgehead atoms. The average Bonchev–Trinajstić information content (AvgIpc) is 3.93. The Morgan fingerprint density at radius 1 is 0.607 bits per heavy atom. The van der Waals surface area contributed by atoms with Crippen LogP contribution in [0.15, 0.2) is 105 Å². The van der Waals surface area contributed by atoms with Gasteiger partial charge in [-0.15, -0.1) is 22.7 Å². The van der Waals surface area contributed by atoms with Crippen molar-refractivity contribution in [2.24, 2.45) is 0 Å². The zero-order chi connectivity index (χ0) is 43.3. The maximum absolute atomic E-state index is 13.0. The van der Waals surface area contributed by atoms with Crippen LogP contribution in [0.3, 0.4) is 0 Å². The third kappa shape index (κ3) is 11.0. The number of para-hydroxylation sites is 1. The molecular formula is C42H42Cl4N6O5S4. The van der Waals surface area contributed by atoms with Crippen LogP contribution < -0.4 is 14.5 Å². The minimum atomic E-state index is -3.70. The highest BCUT2D eigenvalue weighted by Gasteiger charge is 2.32. The van der Waals surface area contributed by atoms with Crippen molar-refractivity contribution in [3.05, 3.63) is 144 Å². The molecule has 0 amide bonds. The van der Waals surface area contributed by atoms with Crippen LogP contribution in [0.2, 0.25) is 20.1 Å². The van der Waals surface area contributed by atoms with Gasteiger partial charge in [-0.05, 0) is 55.0 Å². The van der Waals surface area contributed by atoms with E-state index < -0.39 is 20.0 Å². The van der Waals surface area contributed by atoms with Crippen LogP contribution in [0.1, 0.15) is 28.1 Å². The van der Waals surface area contributed by atoms with E-state index in [1.807, 2.05) is 29.6 Å². The van der Waals surface area contributed by atoms with E-state index >= 15 is 0 Å². The van der Waals surface area contributed by atoms with Gasteiger partial charge in [0.25, 0.3) is 0 Å². The number of sulfonamides is 2. The van der Waals surface area contributed by atoms with E-state index in [4.69, 9.17) is 61.1 Å². The number of piperazine rings is 2. The van der Waals surface area contributed by atoms with Crippen LogP contribution in [-0.2, 0) is 32.9 Å². The molecule has 2 aliphatic heterocycles. The second-order valence-corrected chi connectivity index (χ2v) is 21.5. The normalized spacial score (nSPS) is 15.4. The average molecular weight is 981 g/mol. The summed E-state index contributed by atoms with van der Waals surface area (Å²) >= 11 is 27.4. The molecule has 0 N–H and O–H groups in total. The van der Waals surface area contributed by atoms with Gasteiger partial charge in [0.1, 0.15) is 15.5 Å². The van der Waals surface area contributed by atoms with Gasteiger partial charge >= 0.3 is 0 Å². The SMILES string of the molecule is COc1ccccc1Cc1csc(N2CCN(S(=O)(=O)c3cc(Cl)ccc3Cl)CC2)n1.Cc1cccc(Cc2csc(N3CCN(S(=O)(=O)c4cc(Cl)ccc4Cl)CC3)n2)c1. The first-order valence-electron chi connectivity index (χ1n) is 19.2. The van der Waals surface area contributed by atoms with Crippen molar-refractivity contribution in [2.45, 2.75) is 29.6 Å². The number of halogens is 4. The van der Waals surface area contributed by atoms with Crippen molar-refractivity contribution in [2.75, 3.05) is 69.3 Å². The lowest BCUT2D eigenvalue weighted by molar-refractivity contribution is 0.384. The van der Waals surface area contributed by atoms with E-state index in [9.17, 15) is 16.8 Å². The molecule has 0 atom stereocenters. The van der Waals surface area contributed by atoms with E-state index in [2.05, 4.69) is 46.4 Å². The largest absolute Gasteiger partial charge is 0.496 e. The number of methoxy groups -OCH3 is 1. The Morgan fingerprint density at radius 2 is 1.10 bits per heavy atom. The van der Waals surface area contributed by atoms with Gasteiger partial charge in [0.2, 0.25) is 20.0 Å². The van der Waals surface area contributed by atoms with Crippen molar-refractivity contribution in [1.82, 2.24) is 18.6 Å². The molecule has 11 nitrogen and oxygen atoms in total. The molecule has 19 heteroatoms. The van der Waals surface area contributed by atoms with Gasteiger partial charge in [0, 0.05) is 91.6 Å². The minimum absolute atomic E-state index is 0.0449. The van der Waals surface area contributed by atoms with Crippen molar-refractivity contribution in [3.8, 4) is 5.75 Å². The lowest BCUT2D eigenvalue weighted by atomic mass is 10.1. The molecule has 0 aliphatic carbocycles. The summed E-state index contributed by atoms with van der Waals surface area (Å²) < 4.78 is 60.3. The van der Waals surface area contributed by atoms with Crippen LogP contribution in [0.5, 0.6) is 5.75 Å². The summed E-state index contributed by atoms with van der Waals surface area (Å²) in [6, 6.07) is 25.3. The van der Waals surface area contributed by atoms with E-state index in [1.54, 1.807) is 41.9 Å². The Labute approximate surface area is 385 Å². The summed E-state index contributed by atoms with van der Waals surface area (Å²) in [5, 5.41) is 6.98. The quantitative estimate of drug-likeness (QED) is 0.125. The summed E-state index contributed by atoms with van der Waals surface area (Å²) in [7, 11) is -5.73. The first kappa shape index (κ1) is 45.5. The second-order valence-electron chi connectivity index (χ2n) is 14.3. The lowest BCUT2D eigenvalue weighted by Crippen LogP contribution is -2.48. The van der Waals surface area contributed by atoms with Crippen LogP contribution in [-0.4, -0.2) is 94.9 Å². The maximum Gasteiger partial charge on any atom is 0.244 e.